The summed E-state index contributed by atoms with van der Waals surface area (Å²) in [6, 6.07) is 0. The van der Waals surface area contributed by atoms with Gasteiger partial charge in [-0.2, -0.15) is 0 Å². The molecule has 0 aromatic rings. The zero-order valence-corrected chi connectivity index (χ0v) is 9.44. The van der Waals surface area contributed by atoms with Crippen LogP contribution in [0.1, 0.15) is 34.1 Å². The summed E-state index contributed by atoms with van der Waals surface area (Å²) in [4.78, 5) is 11.2. The number of carbonyl (C=O) groups excluding carboxylic acids is 1. The number of hydrogen-bond donors (Lipinski definition) is 1. The molecule has 14 heavy (non-hydrogen) atoms. The molecule has 1 N–H and O–H groups in total. The number of rotatable bonds is 2. The molecule has 0 aliphatic carbocycles. The lowest BCUT2D eigenvalue weighted by Crippen LogP contribution is -2.30. The van der Waals surface area contributed by atoms with Crippen LogP contribution in [-0.2, 0) is 9.53 Å². The van der Waals surface area contributed by atoms with Crippen LogP contribution in [0, 0.1) is 5.41 Å². The second-order valence-electron chi connectivity index (χ2n) is 5.17. The summed E-state index contributed by atoms with van der Waals surface area (Å²) in [6.07, 6.45) is 0.474. The highest BCUT2D eigenvalue weighted by atomic mass is 16.5. The molecule has 1 aliphatic rings. The Hall–Kier alpha value is -0.830. The highest BCUT2D eigenvalue weighted by molar-refractivity contribution is 5.82. The molecule has 0 aromatic heterocycles. The molecule has 3 nitrogen and oxygen atoms in total. The summed E-state index contributed by atoms with van der Waals surface area (Å²) < 4.78 is 5.68. The van der Waals surface area contributed by atoms with Crippen LogP contribution in [0.2, 0.25) is 0 Å². The Balaban J connectivity index is 2.59. The predicted molar refractivity (Wildman–Crippen MR) is 55.7 cm³/mol. The lowest BCUT2D eigenvalue weighted by molar-refractivity contribution is -0.120. The van der Waals surface area contributed by atoms with Gasteiger partial charge in [0.25, 0.3) is 0 Å². The topological polar surface area (TPSA) is 38.3 Å². The quantitative estimate of drug-likeness (QED) is 0.733. The highest BCUT2D eigenvalue weighted by Gasteiger charge is 2.38. The number of nitrogens with one attached hydrogen (secondary N) is 1. The van der Waals surface area contributed by atoms with Crippen molar-refractivity contribution in [3.63, 3.8) is 0 Å². The van der Waals surface area contributed by atoms with Gasteiger partial charge in [-0.15, -0.1) is 0 Å². The van der Waals surface area contributed by atoms with Crippen molar-refractivity contribution in [1.29, 1.82) is 0 Å². The molecule has 0 saturated carbocycles. The molecule has 1 fully saturated rings. The first-order valence-corrected chi connectivity index (χ1v) is 4.86. The molecule has 0 bridgehead atoms. The van der Waals surface area contributed by atoms with Crippen molar-refractivity contribution < 1.29 is 9.53 Å². The number of hydrogen-bond acceptors (Lipinski definition) is 2. The van der Waals surface area contributed by atoms with Gasteiger partial charge in [0.1, 0.15) is 0 Å². The summed E-state index contributed by atoms with van der Waals surface area (Å²) in [6.45, 7) is 12.4. The average Bonchev–Trinajstić information content (AvgIpc) is 2.22. The normalized spacial score (nSPS) is 28.0. The van der Waals surface area contributed by atoms with Crippen LogP contribution in [0.5, 0.6) is 0 Å². The minimum absolute atomic E-state index is 0.0370. The fourth-order valence-corrected chi connectivity index (χ4v) is 1.34. The minimum Gasteiger partial charge on any atom is -0.375 e. The van der Waals surface area contributed by atoms with Crippen molar-refractivity contribution in [3.8, 4) is 0 Å². The highest BCUT2D eigenvalue weighted by Crippen LogP contribution is 2.34. The van der Waals surface area contributed by atoms with E-state index in [4.69, 9.17) is 4.74 Å². The van der Waals surface area contributed by atoms with Crippen LogP contribution in [-0.4, -0.2) is 18.1 Å². The zero-order valence-electron chi connectivity index (χ0n) is 9.44. The van der Waals surface area contributed by atoms with Crippen LogP contribution in [0.4, 0.5) is 0 Å². The molecule has 1 saturated heterocycles. The maximum Gasteiger partial charge on any atom is 0.225 e. The van der Waals surface area contributed by atoms with E-state index in [2.05, 4.69) is 11.9 Å². The Kier molecular flexibility index (Phi) is 2.72. The van der Waals surface area contributed by atoms with Crippen molar-refractivity contribution in [2.45, 2.75) is 39.7 Å². The van der Waals surface area contributed by atoms with Crippen LogP contribution >= 0.6 is 0 Å². The molecule has 1 unspecified atom stereocenters. The lowest BCUT2D eigenvalue weighted by atomic mass is 9.88. The second kappa shape index (κ2) is 3.39. The van der Waals surface area contributed by atoms with E-state index in [1.807, 2.05) is 27.7 Å². The molecule has 0 aromatic carbocycles. The maximum atomic E-state index is 11.2. The first-order valence-electron chi connectivity index (χ1n) is 4.86. The third-order valence-electron chi connectivity index (χ3n) is 2.39. The van der Waals surface area contributed by atoms with Gasteiger partial charge in [-0.05, 0) is 20.8 Å². The maximum absolute atomic E-state index is 11.2. The smallest absolute Gasteiger partial charge is 0.225 e. The van der Waals surface area contributed by atoms with Gasteiger partial charge in [-0.25, -0.2) is 0 Å². The van der Waals surface area contributed by atoms with E-state index in [0.29, 0.717) is 13.0 Å². The van der Waals surface area contributed by atoms with E-state index in [9.17, 15) is 4.79 Å². The van der Waals surface area contributed by atoms with Crippen molar-refractivity contribution in [3.05, 3.63) is 12.3 Å². The molecule has 0 radical (unpaired) electrons. The third-order valence-corrected chi connectivity index (χ3v) is 2.39. The van der Waals surface area contributed by atoms with Crippen molar-refractivity contribution in [1.82, 2.24) is 5.32 Å². The molecule has 80 valence electrons. The van der Waals surface area contributed by atoms with Gasteiger partial charge in [0.2, 0.25) is 5.91 Å². The van der Waals surface area contributed by atoms with E-state index in [-0.39, 0.29) is 16.9 Å². The molecule has 1 atom stereocenters. The van der Waals surface area contributed by atoms with E-state index in [0.717, 1.165) is 5.70 Å². The summed E-state index contributed by atoms with van der Waals surface area (Å²) in [5.74, 6) is 0.0370. The van der Waals surface area contributed by atoms with E-state index in [1.54, 1.807) is 0 Å². The predicted octanol–water partition coefficient (Wildman–Crippen LogP) is 1.84. The van der Waals surface area contributed by atoms with Crippen LogP contribution in [0.25, 0.3) is 0 Å². The number of carbonyl (C=O) groups is 1. The van der Waals surface area contributed by atoms with Crippen molar-refractivity contribution in [2.75, 3.05) is 6.61 Å². The number of amides is 1. The monoisotopic (exact) mass is 197 g/mol. The Morgan fingerprint density at radius 2 is 2.14 bits per heavy atom. The molecule has 1 aliphatic heterocycles. The fourth-order valence-electron chi connectivity index (χ4n) is 1.34. The van der Waals surface area contributed by atoms with Crippen LogP contribution in [0.15, 0.2) is 12.3 Å². The van der Waals surface area contributed by atoms with Crippen LogP contribution in [0.3, 0.4) is 0 Å². The third kappa shape index (κ3) is 2.58. The van der Waals surface area contributed by atoms with Crippen LogP contribution < -0.4 is 5.32 Å². The zero-order chi connectivity index (χ0) is 11.0. The molecule has 3 heteroatoms. The first-order chi connectivity index (χ1) is 6.23. The van der Waals surface area contributed by atoms with Gasteiger partial charge < -0.3 is 10.1 Å². The minimum atomic E-state index is -0.246. The Labute approximate surface area is 85.5 Å². The largest absolute Gasteiger partial charge is 0.375 e. The van der Waals surface area contributed by atoms with Gasteiger partial charge in [-0.1, -0.05) is 13.5 Å². The second-order valence-corrected chi connectivity index (χ2v) is 5.17. The average molecular weight is 197 g/mol. The molecular weight excluding hydrogens is 178 g/mol. The molecule has 1 amide bonds. The van der Waals surface area contributed by atoms with Gasteiger partial charge in [0.15, 0.2) is 0 Å². The lowest BCUT2D eigenvalue weighted by Gasteiger charge is -2.28. The van der Waals surface area contributed by atoms with E-state index < -0.39 is 0 Å². The molecular formula is C11H19NO2. The SMILES string of the molecule is C=C1NC(=O)CC1(C)COC(C)(C)C. The Bertz CT molecular complexity index is 265. The van der Waals surface area contributed by atoms with E-state index >= 15 is 0 Å². The van der Waals surface area contributed by atoms with Crippen molar-refractivity contribution >= 4 is 5.91 Å². The Morgan fingerprint density at radius 3 is 2.50 bits per heavy atom. The summed E-state index contributed by atoms with van der Waals surface area (Å²) in [5, 5.41) is 2.73. The first kappa shape index (κ1) is 11.2. The van der Waals surface area contributed by atoms with Crippen molar-refractivity contribution in [2.24, 2.45) is 5.41 Å². The number of ether oxygens (including phenoxy) is 1. The van der Waals surface area contributed by atoms with Gasteiger partial charge in [-0.3, -0.25) is 4.79 Å². The molecule has 0 spiro atoms. The summed E-state index contributed by atoms with van der Waals surface area (Å²) in [5.41, 5.74) is 0.353. The van der Waals surface area contributed by atoms with Gasteiger partial charge in [0.05, 0.1) is 12.2 Å². The fraction of sp³-hybridized carbons (Fsp3) is 0.727. The summed E-state index contributed by atoms with van der Waals surface area (Å²) in [7, 11) is 0. The summed E-state index contributed by atoms with van der Waals surface area (Å²) >= 11 is 0. The standard InChI is InChI=1S/C11H19NO2/c1-8-11(5,6-9(13)12-8)7-14-10(2,3)4/h1,6-7H2,2-5H3,(H,12,13). The van der Waals surface area contributed by atoms with Gasteiger partial charge in [0, 0.05) is 17.5 Å². The van der Waals surface area contributed by atoms with E-state index in [1.165, 1.54) is 0 Å². The van der Waals surface area contributed by atoms with Gasteiger partial charge >= 0.3 is 0 Å². The molecule has 1 rings (SSSR count). The molecule has 1 heterocycles. The Morgan fingerprint density at radius 1 is 1.57 bits per heavy atom.